The second-order valence-corrected chi connectivity index (χ2v) is 14.3. The van der Waals surface area contributed by atoms with E-state index < -0.39 is 20.0 Å². The summed E-state index contributed by atoms with van der Waals surface area (Å²) in [6.45, 7) is 12.1. The molecule has 28 heavy (non-hydrogen) atoms. The lowest BCUT2D eigenvalue weighted by molar-refractivity contribution is -0.291. The van der Waals surface area contributed by atoms with Gasteiger partial charge in [0.1, 0.15) is 24.2 Å². The summed E-state index contributed by atoms with van der Waals surface area (Å²) in [6.07, 6.45) is 2.83. The molecule has 5 nitrogen and oxygen atoms in total. The Morgan fingerprint density at radius 3 is 2.79 bits per heavy atom. The first-order valence-corrected chi connectivity index (χ1v) is 14.3. The van der Waals surface area contributed by atoms with Gasteiger partial charge in [0.15, 0.2) is 6.29 Å². The van der Waals surface area contributed by atoms with Crippen LogP contribution in [-0.4, -0.2) is 46.9 Å². The Balaban J connectivity index is 2.03. The Morgan fingerprint density at radius 2 is 2.14 bits per heavy atom. The Kier molecular flexibility index (Phi) is 9.17. The van der Waals surface area contributed by atoms with E-state index in [1.807, 2.05) is 34.4 Å². The van der Waals surface area contributed by atoms with Crippen molar-refractivity contribution in [3.63, 3.8) is 0 Å². The van der Waals surface area contributed by atoms with Crippen LogP contribution in [0.1, 0.15) is 11.9 Å². The molecule has 0 aromatic heterocycles. The van der Waals surface area contributed by atoms with Crippen molar-refractivity contribution in [3.05, 3.63) is 52.6 Å². The zero-order valence-electron chi connectivity index (χ0n) is 17.2. The first kappa shape index (κ1) is 23.6. The molecule has 0 spiro atoms. The first-order chi connectivity index (χ1) is 13.3. The van der Waals surface area contributed by atoms with Crippen molar-refractivity contribution in [2.24, 2.45) is 0 Å². The van der Waals surface area contributed by atoms with Crippen LogP contribution in [0.3, 0.4) is 0 Å². The van der Waals surface area contributed by atoms with Crippen LogP contribution in [0, 0.1) is 0 Å². The highest BCUT2D eigenvalue weighted by molar-refractivity contribution is 14.1. The fraction of sp³-hybridized carbons (Fsp3) is 0.524. The maximum atomic E-state index is 6.18. The summed E-state index contributed by atoms with van der Waals surface area (Å²) >= 11 is 2.17. The summed E-state index contributed by atoms with van der Waals surface area (Å²) in [6, 6.07) is 8.77. The van der Waals surface area contributed by atoms with Crippen molar-refractivity contribution in [1.82, 2.24) is 0 Å². The molecule has 0 amide bonds. The van der Waals surface area contributed by atoms with Crippen LogP contribution in [-0.2, 0) is 18.9 Å². The molecule has 0 saturated carbocycles. The predicted octanol–water partition coefficient (Wildman–Crippen LogP) is 5.31. The van der Waals surface area contributed by atoms with E-state index in [-0.39, 0.29) is 12.9 Å². The first-order valence-electron chi connectivity index (χ1n) is 9.37. The van der Waals surface area contributed by atoms with Gasteiger partial charge in [0.25, 0.3) is 0 Å². The van der Waals surface area contributed by atoms with Crippen molar-refractivity contribution >= 4 is 30.7 Å². The number of methoxy groups -OCH3 is 1. The Labute approximate surface area is 183 Å². The number of hydrogen-bond donors (Lipinski definition) is 0. The van der Waals surface area contributed by atoms with Crippen LogP contribution >= 0.6 is 22.6 Å². The topological polar surface area (TPSA) is 46.2 Å². The van der Waals surface area contributed by atoms with E-state index in [2.05, 4.69) is 48.8 Å². The molecule has 1 aromatic rings. The molecule has 0 aliphatic carbocycles. The Hall–Kier alpha value is -0.713. The quantitative estimate of drug-likeness (QED) is 0.138. The van der Waals surface area contributed by atoms with Gasteiger partial charge in [0.2, 0.25) is 0 Å². The highest BCUT2D eigenvalue weighted by atomic mass is 127. The van der Waals surface area contributed by atoms with Gasteiger partial charge in [-0.1, -0.05) is 60.4 Å². The van der Waals surface area contributed by atoms with Crippen LogP contribution in [0.2, 0.25) is 25.7 Å². The lowest BCUT2D eigenvalue weighted by Gasteiger charge is -2.43. The average Bonchev–Trinajstić information content (AvgIpc) is 2.67. The van der Waals surface area contributed by atoms with Crippen LogP contribution < -0.4 is 4.74 Å². The van der Waals surface area contributed by atoms with Gasteiger partial charge in [-0.25, -0.2) is 0 Å². The summed E-state index contributed by atoms with van der Waals surface area (Å²) in [5.41, 5.74) is 0.127. The molecule has 0 N–H and O–H groups in total. The van der Waals surface area contributed by atoms with Crippen molar-refractivity contribution in [3.8, 4) is 5.75 Å². The third-order valence-corrected chi connectivity index (χ3v) is 6.61. The molecular weight excluding hydrogens is 487 g/mol. The molecule has 3 atom stereocenters. The highest BCUT2D eigenvalue weighted by Crippen LogP contribution is 2.36. The molecule has 1 fully saturated rings. The standard InChI is InChI=1S/C21H31IO5Si/c1-6-19-21(10-11-22,26-16-24-12-13-28(3,4)5)15-25-20(27-19)17-8-7-9-18(14-17)23-2/h6-11,14,19-20H,1,12-13,15-16H2,2-5H3/b11-10-/t19-,20+,21+/m1/s1. The minimum atomic E-state index is -1.13. The maximum Gasteiger partial charge on any atom is 0.184 e. The molecule has 0 radical (unpaired) electrons. The number of rotatable bonds is 10. The third kappa shape index (κ3) is 6.67. The fourth-order valence-electron chi connectivity index (χ4n) is 2.80. The predicted molar refractivity (Wildman–Crippen MR) is 123 cm³/mol. The summed E-state index contributed by atoms with van der Waals surface area (Å²) in [5.74, 6) is 0.760. The smallest absolute Gasteiger partial charge is 0.184 e. The molecule has 2 rings (SSSR count). The zero-order valence-corrected chi connectivity index (χ0v) is 20.3. The fourth-order valence-corrected chi connectivity index (χ4v) is 4.17. The third-order valence-electron chi connectivity index (χ3n) is 4.54. The van der Waals surface area contributed by atoms with Gasteiger partial charge < -0.3 is 23.7 Å². The lowest BCUT2D eigenvalue weighted by atomic mass is 9.95. The van der Waals surface area contributed by atoms with Gasteiger partial charge in [-0.3, -0.25) is 0 Å². The molecule has 156 valence electrons. The minimum Gasteiger partial charge on any atom is -0.497 e. The number of halogens is 1. The number of ether oxygens (including phenoxy) is 5. The van der Waals surface area contributed by atoms with E-state index in [0.717, 1.165) is 17.4 Å². The van der Waals surface area contributed by atoms with E-state index in [0.29, 0.717) is 13.2 Å². The monoisotopic (exact) mass is 518 g/mol. The second-order valence-electron chi connectivity index (χ2n) is 7.94. The SMILES string of the molecule is C=C[C@H]1O[C@@H](c2cccc(OC)c2)OC[C@]1(/C=C\I)OCOCC[Si](C)(C)C. The average molecular weight is 518 g/mol. The van der Waals surface area contributed by atoms with E-state index in [4.69, 9.17) is 23.7 Å². The maximum absolute atomic E-state index is 6.18. The van der Waals surface area contributed by atoms with E-state index in [1.165, 1.54) is 0 Å². The number of hydrogen-bond acceptors (Lipinski definition) is 5. The molecule has 1 saturated heterocycles. The van der Waals surface area contributed by atoms with Gasteiger partial charge in [0, 0.05) is 20.2 Å². The summed E-state index contributed by atoms with van der Waals surface area (Å²) in [5, 5.41) is 0. The molecule has 1 aliphatic rings. The molecule has 1 aromatic carbocycles. The second kappa shape index (κ2) is 10.9. The number of benzene rings is 1. The molecule has 0 bridgehead atoms. The van der Waals surface area contributed by atoms with Crippen molar-refractivity contribution in [2.45, 2.75) is 43.7 Å². The zero-order chi connectivity index (χ0) is 20.6. The van der Waals surface area contributed by atoms with Gasteiger partial charge in [-0.2, -0.15) is 0 Å². The normalized spacial score (nSPS) is 25.8. The van der Waals surface area contributed by atoms with Crippen molar-refractivity contribution in [2.75, 3.05) is 27.1 Å². The lowest BCUT2D eigenvalue weighted by Crippen LogP contribution is -2.52. The van der Waals surface area contributed by atoms with Crippen LogP contribution in [0.15, 0.2) is 47.1 Å². The largest absolute Gasteiger partial charge is 0.497 e. The van der Waals surface area contributed by atoms with Gasteiger partial charge in [-0.15, -0.1) is 6.58 Å². The molecule has 7 heteroatoms. The Bertz CT molecular complexity index is 660. The molecule has 0 unspecified atom stereocenters. The summed E-state index contributed by atoms with van der Waals surface area (Å²) < 4.78 is 31.3. The van der Waals surface area contributed by atoms with E-state index in [9.17, 15) is 0 Å². The molecular formula is C21H31IO5Si. The Morgan fingerprint density at radius 1 is 1.36 bits per heavy atom. The molecule has 1 heterocycles. The highest BCUT2D eigenvalue weighted by Gasteiger charge is 2.44. The van der Waals surface area contributed by atoms with Crippen molar-refractivity contribution < 1.29 is 23.7 Å². The van der Waals surface area contributed by atoms with Gasteiger partial charge >= 0.3 is 0 Å². The van der Waals surface area contributed by atoms with Crippen LogP contribution in [0.4, 0.5) is 0 Å². The van der Waals surface area contributed by atoms with E-state index in [1.54, 1.807) is 13.2 Å². The summed E-state index contributed by atoms with van der Waals surface area (Å²) in [4.78, 5) is 0. The van der Waals surface area contributed by atoms with Gasteiger partial charge in [-0.05, 0) is 28.3 Å². The minimum absolute atomic E-state index is 0.187. The summed E-state index contributed by atoms with van der Waals surface area (Å²) in [7, 11) is 0.512. The van der Waals surface area contributed by atoms with Gasteiger partial charge in [0.05, 0.1) is 13.7 Å². The van der Waals surface area contributed by atoms with Crippen LogP contribution in [0.5, 0.6) is 5.75 Å². The van der Waals surface area contributed by atoms with Crippen LogP contribution in [0.25, 0.3) is 0 Å². The van der Waals surface area contributed by atoms with Crippen molar-refractivity contribution in [1.29, 1.82) is 0 Å². The van der Waals surface area contributed by atoms with E-state index >= 15 is 0 Å². The molecule has 1 aliphatic heterocycles.